The van der Waals surface area contributed by atoms with E-state index in [2.05, 4.69) is 55.4 Å². The number of hydrogen-bond donors (Lipinski definition) is 0. The molecule has 0 radical (unpaired) electrons. The molecule has 128 valence electrons. The summed E-state index contributed by atoms with van der Waals surface area (Å²) >= 11 is 0. The van der Waals surface area contributed by atoms with Crippen molar-refractivity contribution in [3.8, 4) is 0 Å². The van der Waals surface area contributed by atoms with Gasteiger partial charge < -0.3 is 0 Å². The van der Waals surface area contributed by atoms with Gasteiger partial charge >= 0.3 is 0 Å². The van der Waals surface area contributed by atoms with E-state index in [1.54, 1.807) is 0 Å². The van der Waals surface area contributed by atoms with Gasteiger partial charge in [-0.1, -0.05) is 100 Å². The molecule has 0 aromatic rings. The molecule has 0 N–H and O–H groups in total. The molecule has 21 heavy (non-hydrogen) atoms. The van der Waals surface area contributed by atoms with Crippen molar-refractivity contribution in [1.29, 1.82) is 0 Å². The van der Waals surface area contributed by atoms with Crippen molar-refractivity contribution in [2.75, 3.05) is 0 Å². The zero-order valence-corrected chi connectivity index (χ0v) is 16.5. The maximum Gasteiger partial charge on any atom is -0.0272 e. The van der Waals surface area contributed by atoms with Crippen LogP contribution in [0.3, 0.4) is 0 Å². The Morgan fingerprint density at radius 1 is 0.762 bits per heavy atom. The molecule has 0 rings (SSSR count). The molecule has 0 bridgehead atoms. The first kappa shape index (κ1) is 21.0. The minimum Gasteiger partial charge on any atom is -0.0654 e. The number of hydrogen-bond acceptors (Lipinski definition) is 0. The molecular formula is C21H44. The summed E-state index contributed by atoms with van der Waals surface area (Å²) in [7, 11) is 0. The molecule has 0 saturated heterocycles. The zero-order chi connectivity index (χ0) is 16.5. The molecule has 0 aromatic heterocycles. The van der Waals surface area contributed by atoms with Crippen LogP contribution in [0, 0.1) is 29.1 Å². The molecule has 0 fully saturated rings. The Morgan fingerprint density at radius 3 is 1.67 bits per heavy atom. The maximum absolute atomic E-state index is 2.61. The maximum atomic E-state index is 2.61. The molecule has 0 nitrogen and oxygen atoms in total. The highest BCUT2D eigenvalue weighted by atomic mass is 14.5. The summed E-state index contributed by atoms with van der Waals surface area (Å²) in [5.41, 5.74) is 0.523. The molecule has 0 aliphatic heterocycles. The fourth-order valence-corrected chi connectivity index (χ4v) is 4.60. The Labute approximate surface area is 136 Å². The van der Waals surface area contributed by atoms with E-state index in [9.17, 15) is 0 Å². The van der Waals surface area contributed by atoms with Gasteiger partial charge in [0.1, 0.15) is 0 Å². The van der Waals surface area contributed by atoms with Gasteiger partial charge in [-0.05, 0) is 35.5 Å². The second kappa shape index (κ2) is 10.7. The van der Waals surface area contributed by atoms with Crippen LogP contribution in [0.15, 0.2) is 0 Å². The van der Waals surface area contributed by atoms with Crippen molar-refractivity contribution in [3.63, 3.8) is 0 Å². The van der Waals surface area contributed by atoms with Crippen LogP contribution in [-0.2, 0) is 0 Å². The summed E-state index contributed by atoms with van der Waals surface area (Å²) in [6.45, 7) is 19.6. The normalized spacial score (nSPS) is 20.6. The highest BCUT2D eigenvalue weighted by Gasteiger charge is 2.41. The van der Waals surface area contributed by atoms with Crippen LogP contribution in [-0.4, -0.2) is 0 Å². The molecule has 0 amide bonds. The summed E-state index contributed by atoms with van der Waals surface area (Å²) in [5, 5.41) is 0. The highest BCUT2D eigenvalue weighted by molar-refractivity contribution is 4.90. The topological polar surface area (TPSA) is 0 Å². The third-order valence-corrected chi connectivity index (χ3v) is 6.57. The summed E-state index contributed by atoms with van der Waals surface area (Å²) in [4.78, 5) is 0. The van der Waals surface area contributed by atoms with Crippen LogP contribution in [0.1, 0.15) is 107 Å². The fourth-order valence-electron chi connectivity index (χ4n) is 4.60. The van der Waals surface area contributed by atoms with E-state index in [1.807, 2.05) is 0 Å². The SMILES string of the molecule is CCCC(C(C)CC)C(CCC)C(C)(CC)C(C)CCC. The molecular weight excluding hydrogens is 252 g/mol. The van der Waals surface area contributed by atoms with E-state index in [0.717, 1.165) is 23.7 Å². The predicted octanol–water partition coefficient (Wildman–Crippen LogP) is 7.72. The van der Waals surface area contributed by atoms with E-state index in [-0.39, 0.29) is 0 Å². The monoisotopic (exact) mass is 296 g/mol. The minimum absolute atomic E-state index is 0.523. The van der Waals surface area contributed by atoms with Crippen molar-refractivity contribution in [2.45, 2.75) is 107 Å². The predicted molar refractivity (Wildman–Crippen MR) is 98.7 cm³/mol. The molecule has 0 spiro atoms. The molecule has 0 aliphatic rings. The van der Waals surface area contributed by atoms with Crippen molar-refractivity contribution in [2.24, 2.45) is 29.1 Å². The Morgan fingerprint density at radius 2 is 1.29 bits per heavy atom. The first-order valence-corrected chi connectivity index (χ1v) is 9.92. The average molecular weight is 297 g/mol. The van der Waals surface area contributed by atoms with Gasteiger partial charge in [0.05, 0.1) is 0 Å². The summed E-state index contributed by atoms with van der Waals surface area (Å²) < 4.78 is 0. The summed E-state index contributed by atoms with van der Waals surface area (Å²) in [6.07, 6.45) is 10.9. The zero-order valence-electron chi connectivity index (χ0n) is 16.5. The quantitative estimate of drug-likeness (QED) is 0.346. The first-order valence-electron chi connectivity index (χ1n) is 9.92. The Balaban J connectivity index is 5.45. The lowest BCUT2D eigenvalue weighted by molar-refractivity contribution is 0.0152. The van der Waals surface area contributed by atoms with Gasteiger partial charge in [0.25, 0.3) is 0 Å². The number of rotatable bonds is 12. The van der Waals surface area contributed by atoms with Crippen molar-refractivity contribution < 1.29 is 0 Å². The lowest BCUT2D eigenvalue weighted by Crippen LogP contribution is -2.40. The third kappa shape index (κ3) is 5.61. The van der Waals surface area contributed by atoms with Crippen molar-refractivity contribution in [3.05, 3.63) is 0 Å². The Bertz CT molecular complexity index is 244. The lowest BCUT2D eigenvalue weighted by atomic mass is 9.57. The van der Waals surface area contributed by atoms with Gasteiger partial charge in [0, 0.05) is 0 Å². The van der Waals surface area contributed by atoms with Crippen LogP contribution >= 0.6 is 0 Å². The van der Waals surface area contributed by atoms with Crippen molar-refractivity contribution >= 4 is 0 Å². The Kier molecular flexibility index (Phi) is 10.7. The van der Waals surface area contributed by atoms with Crippen molar-refractivity contribution in [1.82, 2.24) is 0 Å². The van der Waals surface area contributed by atoms with Gasteiger partial charge in [-0.3, -0.25) is 0 Å². The average Bonchev–Trinajstić information content (AvgIpc) is 2.49. The Hall–Kier alpha value is 0. The highest BCUT2D eigenvalue weighted by Crippen LogP contribution is 2.49. The van der Waals surface area contributed by atoms with E-state index >= 15 is 0 Å². The van der Waals surface area contributed by atoms with Gasteiger partial charge in [-0.15, -0.1) is 0 Å². The standard InChI is InChI=1S/C21H44/c1-9-14-18(7)21(8,13-5)20(16-11-3)19(15-10-2)17(6)12-4/h17-20H,9-16H2,1-8H3. The molecule has 0 aliphatic carbocycles. The second-order valence-electron chi connectivity index (χ2n) is 7.78. The van der Waals surface area contributed by atoms with E-state index in [4.69, 9.17) is 0 Å². The van der Waals surface area contributed by atoms with Crippen LogP contribution in [0.5, 0.6) is 0 Å². The van der Waals surface area contributed by atoms with E-state index in [1.165, 1.54) is 51.4 Å². The first-order chi connectivity index (χ1) is 9.92. The molecule has 5 atom stereocenters. The molecule has 0 heteroatoms. The third-order valence-electron chi connectivity index (χ3n) is 6.57. The van der Waals surface area contributed by atoms with E-state index in [0.29, 0.717) is 5.41 Å². The largest absolute Gasteiger partial charge is 0.0654 e. The molecule has 5 unspecified atom stereocenters. The van der Waals surface area contributed by atoms with Gasteiger partial charge in [-0.25, -0.2) is 0 Å². The van der Waals surface area contributed by atoms with Gasteiger partial charge in [-0.2, -0.15) is 0 Å². The summed E-state index contributed by atoms with van der Waals surface area (Å²) in [6, 6.07) is 0. The van der Waals surface area contributed by atoms with Gasteiger partial charge in [0.2, 0.25) is 0 Å². The van der Waals surface area contributed by atoms with Gasteiger partial charge in [0.15, 0.2) is 0 Å². The van der Waals surface area contributed by atoms with Crippen LogP contribution < -0.4 is 0 Å². The smallest absolute Gasteiger partial charge is 0.0272 e. The molecule has 0 heterocycles. The molecule has 0 saturated carbocycles. The summed E-state index contributed by atoms with van der Waals surface area (Å²) in [5.74, 6) is 3.56. The van der Waals surface area contributed by atoms with E-state index < -0.39 is 0 Å². The lowest BCUT2D eigenvalue weighted by Gasteiger charge is -2.48. The molecule has 0 aromatic carbocycles. The second-order valence-corrected chi connectivity index (χ2v) is 7.78. The van der Waals surface area contributed by atoms with Crippen LogP contribution in [0.4, 0.5) is 0 Å². The fraction of sp³-hybridized carbons (Fsp3) is 1.00. The minimum atomic E-state index is 0.523. The van der Waals surface area contributed by atoms with Crippen LogP contribution in [0.25, 0.3) is 0 Å². The van der Waals surface area contributed by atoms with Crippen LogP contribution in [0.2, 0.25) is 0 Å².